The molecule has 0 spiro atoms. The standard InChI is InChI=1S/C20H21FN4O/c1-14-13-24(9-10-25(14)19-8-4-7-18(21)23-19)20(26)11-15-12-22-17-6-3-2-5-16(15)17/h2-8,12,14,22H,9-11,13H2,1H3. The molecule has 2 aromatic heterocycles. The highest BCUT2D eigenvalue weighted by atomic mass is 19.1. The maximum absolute atomic E-state index is 13.4. The fourth-order valence-corrected chi connectivity index (χ4v) is 3.63. The van der Waals surface area contributed by atoms with Crippen molar-refractivity contribution in [2.75, 3.05) is 24.5 Å². The van der Waals surface area contributed by atoms with Gasteiger partial charge in [-0.25, -0.2) is 4.98 Å². The molecule has 1 fully saturated rings. The number of benzene rings is 1. The maximum Gasteiger partial charge on any atom is 0.227 e. The Labute approximate surface area is 151 Å². The van der Waals surface area contributed by atoms with Gasteiger partial charge in [0.2, 0.25) is 11.9 Å². The van der Waals surface area contributed by atoms with Gasteiger partial charge < -0.3 is 14.8 Å². The number of halogens is 1. The lowest BCUT2D eigenvalue weighted by atomic mass is 10.1. The van der Waals surface area contributed by atoms with Gasteiger partial charge in [-0.15, -0.1) is 0 Å². The number of para-hydroxylation sites is 1. The SMILES string of the molecule is CC1CN(C(=O)Cc2c[nH]c3ccccc23)CCN1c1cccc(F)n1. The molecule has 1 amide bonds. The molecule has 1 saturated heterocycles. The minimum atomic E-state index is -0.479. The third-order valence-corrected chi connectivity index (χ3v) is 4.99. The van der Waals surface area contributed by atoms with Crippen molar-refractivity contribution < 1.29 is 9.18 Å². The number of hydrogen-bond donors (Lipinski definition) is 1. The quantitative estimate of drug-likeness (QED) is 0.738. The van der Waals surface area contributed by atoms with Gasteiger partial charge in [0, 0.05) is 42.8 Å². The number of nitrogens with one attached hydrogen (secondary N) is 1. The Hall–Kier alpha value is -2.89. The molecule has 5 nitrogen and oxygen atoms in total. The third kappa shape index (κ3) is 3.14. The van der Waals surface area contributed by atoms with Crippen LogP contribution in [0.1, 0.15) is 12.5 Å². The summed E-state index contributed by atoms with van der Waals surface area (Å²) >= 11 is 0. The largest absolute Gasteiger partial charge is 0.361 e. The topological polar surface area (TPSA) is 52.2 Å². The van der Waals surface area contributed by atoms with Crippen LogP contribution in [0.3, 0.4) is 0 Å². The average molecular weight is 352 g/mol. The Morgan fingerprint density at radius 1 is 1.23 bits per heavy atom. The first-order valence-corrected chi connectivity index (χ1v) is 8.84. The summed E-state index contributed by atoms with van der Waals surface area (Å²) in [4.78, 5) is 23.9. The third-order valence-electron chi connectivity index (χ3n) is 4.99. The zero-order chi connectivity index (χ0) is 18.1. The summed E-state index contributed by atoms with van der Waals surface area (Å²) in [5, 5.41) is 1.09. The molecule has 1 aliphatic heterocycles. The number of rotatable bonds is 3. The Bertz CT molecular complexity index is 938. The minimum Gasteiger partial charge on any atom is -0.361 e. The number of aromatic nitrogens is 2. The molecule has 1 unspecified atom stereocenters. The van der Waals surface area contributed by atoms with Gasteiger partial charge >= 0.3 is 0 Å². The molecule has 0 aliphatic carbocycles. The lowest BCUT2D eigenvalue weighted by Crippen LogP contribution is -2.54. The fourth-order valence-electron chi connectivity index (χ4n) is 3.63. The van der Waals surface area contributed by atoms with E-state index in [-0.39, 0.29) is 11.9 Å². The average Bonchev–Trinajstić information content (AvgIpc) is 3.04. The second-order valence-electron chi connectivity index (χ2n) is 6.74. The van der Waals surface area contributed by atoms with Crippen LogP contribution in [0.5, 0.6) is 0 Å². The highest BCUT2D eigenvalue weighted by Crippen LogP contribution is 2.21. The number of piperazine rings is 1. The molecule has 1 atom stereocenters. The van der Waals surface area contributed by atoms with Crippen LogP contribution >= 0.6 is 0 Å². The number of aromatic amines is 1. The zero-order valence-electron chi connectivity index (χ0n) is 14.7. The van der Waals surface area contributed by atoms with Crippen LogP contribution < -0.4 is 4.90 Å². The normalized spacial score (nSPS) is 17.7. The van der Waals surface area contributed by atoms with E-state index in [4.69, 9.17) is 0 Å². The molecule has 26 heavy (non-hydrogen) atoms. The molecule has 1 N–H and O–H groups in total. The van der Waals surface area contributed by atoms with E-state index >= 15 is 0 Å². The number of nitrogens with zero attached hydrogens (tertiary/aromatic N) is 3. The summed E-state index contributed by atoms with van der Waals surface area (Å²) in [6.45, 7) is 3.91. The molecule has 3 heterocycles. The Morgan fingerprint density at radius 3 is 2.88 bits per heavy atom. The van der Waals surface area contributed by atoms with E-state index in [0.29, 0.717) is 31.9 Å². The maximum atomic E-state index is 13.4. The first-order valence-electron chi connectivity index (χ1n) is 8.84. The van der Waals surface area contributed by atoms with Crippen molar-refractivity contribution in [2.45, 2.75) is 19.4 Å². The minimum absolute atomic E-state index is 0.0879. The Balaban J connectivity index is 1.44. The van der Waals surface area contributed by atoms with Crippen molar-refractivity contribution in [3.63, 3.8) is 0 Å². The molecule has 1 aliphatic rings. The van der Waals surface area contributed by atoms with E-state index in [0.717, 1.165) is 16.5 Å². The molecule has 3 aromatic rings. The van der Waals surface area contributed by atoms with Crippen molar-refractivity contribution in [2.24, 2.45) is 0 Å². The predicted molar refractivity (Wildman–Crippen MR) is 99.6 cm³/mol. The number of hydrogen-bond acceptors (Lipinski definition) is 3. The molecule has 6 heteroatoms. The molecule has 0 bridgehead atoms. The van der Waals surface area contributed by atoms with Gasteiger partial charge in [-0.1, -0.05) is 24.3 Å². The number of carbonyl (C=O) groups excluding carboxylic acids is 1. The first kappa shape index (κ1) is 16.6. The Morgan fingerprint density at radius 2 is 2.08 bits per heavy atom. The summed E-state index contributed by atoms with van der Waals surface area (Å²) in [6, 6.07) is 12.9. The predicted octanol–water partition coefficient (Wildman–Crippen LogP) is 2.98. The van der Waals surface area contributed by atoms with Crippen LogP contribution in [0.25, 0.3) is 10.9 Å². The van der Waals surface area contributed by atoms with E-state index in [9.17, 15) is 9.18 Å². The van der Waals surface area contributed by atoms with E-state index in [1.807, 2.05) is 48.4 Å². The molecular formula is C20H21FN4O. The van der Waals surface area contributed by atoms with E-state index in [1.54, 1.807) is 6.07 Å². The summed E-state index contributed by atoms with van der Waals surface area (Å²) < 4.78 is 13.4. The van der Waals surface area contributed by atoms with Gasteiger partial charge in [0.1, 0.15) is 5.82 Å². The fraction of sp³-hybridized carbons (Fsp3) is 0.300. The molecule has 1 aromatic carbocycles. The number of H-pyrrole nitrogens is 1. The highest BCUT2D eigenvalue weighted by Gasteiger charge is 2.28. The molecule has 134 valence electrons. The van der Waals surface area contributed by atoms with Gasteiger partial charge in [0.15, 0.2) is 0 Å². The van der Waals surface area contributed by atoms with Gasteiger partial charge in [0.05, 0.1) is 6.42 Å². The lowest BCUT2D eigenvalue weighted by molar-refractivity contribution is -0.131. The molecular weight excluding hydrogens is 331 g/mol. The van der Waals surface area contributed by atoms with Crippen molar-refractivity contribution in [3.8, 4) is 0 Å². The van der Waals surface area contributed by atoms with Crippen LogP contribution in [0.4, 0.5) is 10.2 Å². The van der Waals surface area contributed by atoms with Gasteiger partial charge in [-0.3, -0.25) is 4.79 Å². The number of carbonyl (C=O) groups is 1. The van der Waals surface area contributed by atoms with Crippen molar-refractivity contribution in [1.82, 2.24) is 14.9 Å². The van der Waals surface area contributed by atoms with Gasteiger partial charge in [-0.2, -0.15) is 4.39 Å². The van der Waals surface area contributed by atoms with Crippen molar-refractivity contribution in [1.29, 1.82) is 0 Å². The first-order chi connectivity index (χ1) is 12.6. The molecule has 0 saturated carbocycles. The monoisotopic (exact) mass is 352 g/mol. The number of anilines is 1. The van der Waals surface area contributed by atoms with Crippen LogP contribution in [0.2, 0.25) is 0 Å². The van der Waals surface area contributed by atoms with Crippen molar-refractivity contribution in [3.05, 3.63) is 60.2 Å². The number of fused-ring (bicyclic) bond motifs is 1. The lowest BCUT2D eigenvalue weighted by Gasteiger charge is -2.40. The smallest absolute Gasteiger partial charge is 0.227 e. The van der Waals surface area contributed by atoms with Crippen LogP contribution in [-0.2, 0) is 11.2 Å². The van der Waals surface area contributed by atoms with Gasteiger partial charge in [-0.05, 0) is 30.7 Å². The zero-order valence-corrected chi connectivity index (χ0v) is 14.7. The van der Waals surface area contributed by atoms with E-state index in [1.165, 1.54) is 6.07 Å². The number of pyridine rings is 1. The summed E-state index contributed by atoms with van der Waals surface area (Å²) in [7, 11) is 0. The van der Waals surface area contributed by atoms with Crippen molar-refractivity contribution >= 4 is 22.6 Å². The van der Waals surface area contributed by atoms with E-state index < -0.39 is 5.95 Å². The van der Waals surface area contributed by atoms with Crippen LogP contribution in [-0.4, -0.2) is 46.5 Å². The summed E-state index contributed by atoms with van der Waals surface area (Å²) in [5.41, 5.74) is 2.07. The summed E-state index contributed by atoms with van der Waals surface area (Å²) in [6.07, 6.45) is 2.30. The second-order valence-corrected chi connectivity index (χ2v) is 6.74. The van der Waals surface area contributed by atoms with E-state index in [2.05, 4.69) is 14.9 Å². The Kier molecular flexibility index (Phi) is 4.32. The highest BCUT2D eigenvalue weighted by molar-refractivity contribution is 5.89. The number of amides is 1. The van der Waals surface area contributed by atoms with Crippen LogP contribution in [0, 0.1) is 5.95 Å². The molecule has 0 radical (unpaired) electrons. The molecule has 4 rings (SSSR count). The van der Waals surface area contributed by atoms with Crippen LogP contribution in [0.15, 0.2) is 48.7 Å². The van der Waals surface area contributed by atoms with Gasteiger partial charge in [0.25, 0.3) is 0 Å². The second kappa shape index (κ2) is 6.78. The summed E-state index contributed by atoms with van der Waals surface area (Å²) in [5.74, 6) is 0.266.